The largest absolute Gasteiger partial charge is 0.336 e. The van der Waals surface area contributed by atoms with Crippen molar-refractivity contribution in [1.29, 1.82) is 0 Å². The molecule has 2 fully saturated rings. The average Bonchev–Trinajstić information content (AvgIpc) is 2.65. The molecule has 8 heteroatoms. The second-order valence-corrected chi connectivity index (χ2v) is 7.68. The smallest absolute Gasteiger partial charge is 0.317 e. The number of nitrogens with one attached hydrogen (secondary N) is 1. The predicted molar refractivity (Wildman–Crippen MR) is 102 cm³/mol. The molecule has 3 rings (SSSR count). The lowest BCUT2D eigenvalue weighted by atomic mass is 10.0. The molecule has 28 heavy (non-hydrogen) atoms. The Labute approximate surface area is 164 Å². The number of piperazine rings is 1. The maximum atomic E-state index is 13.3. The van der Waals surface area contributed by atoms with E-state index >= 15 is 0 Å². The maximum Gasteiger partial charge on any atom is 0.317 e. The first kappa shape index (κ1) is 20.1. The summed E-state index contributed by atoms with van der Waals surface area (Å²) in [6.45, 7) is 6.07. The molecule has 1 aromatic rings. The molecule has 152 valence electrons. The summed E-state index contributed by atoms with van der Waals surface area (Å²) < 4.78 is 13.3. The van der Waals surface area contributed by atoms with Crippen LogP contribution in [0.1, 0.15) is 32.3 Å². The number of benzene rings is 1. The van der Waals surface area contributed by atoms with Gasteiger partial charge in [-0.05, 0) is 44.4 Å². The Balaban J connectivity index is 1.54. The third-order valence-corrected chi connectivity index (χ3v) is 5.21. The summed E-state index contributed by atoms with van der Waals surface area (Å²) >= 11 is 0. The molecule has 0 aromatic heterocycles. The minimum Gasteiger partial charge on any atom is -0.336 e. The number of hydrogen-bond acceptors (Lipinski definition) is 3. The number of hydrogen-bond donors (Lipinski definition) is 1. The van der Waals surface area contributed by atoms with E-state index in [1.54, 1.807) is 21.9 Å². The third-order valence-electron chi connectivity index (χ3n) is 5.21. The summed E-state index contributed by atoms with van der Waals surface area (Å²) in [7, 11) is 0. The van der Waals surface area contributed by atoms with Gasteiger partial charge in [-0.3, -0.25) is 9.59 Å². The minimum absolute atomic E-state index is 0.0316. The summed E-state index contributed by atoms with van der Waals surface area (Å²) in [5, 5.41) is 2.87. The molecular weight excluding hydrogens is 363 g/mol. The molecule has 2 aliphatic rings. The summed E-state index contributed by atoms with van der Waals surface area (Å²) in [5.41, 5.74) is 0.666. The second-order valence-electron chi connectivity index (χ2n) is 7.68. The lowest BCUT2D eigenvalue weighted by Crippen LogP contribution is -2.59. The van der Waals surface area contributed by atoms with Gasteiger partial charge in [0.25, 0.3) is 0 Å². The number of rotatable bonds is 4. The van der Waals surface area contributed by atoms with Gasteiger partial charge in [-0.15, -0.1) is 0 Å². The molecule has 0 spiro atoms. The van der Waals surface area contributed by atoms with E-state index < -0.39 is 11.8 Å². The lowest BCUT2D eigenvalue weighted by Gasteiger charge is -2.42. The van der Waals surface area contributed by atoms with Crippen molar-refractivity contribution in [1.82, 2.24) is 20.0 Å². The van der Waals surface area contributed by atoms with Crippen molar-refractivity contribution in [2.24, 2.45) is 0 Å². The van der Waals surface area contributed by atoms with Crippen LogP contribution in [0.2, 0.25) is 0 Å². The summed E-state index contributed by atoms with van der Waals surface area (Å²) in [4.78, 5) is 42.1. The van der Waals surface area contributed by atoms with Gasteiger partial charge in [0, 0.05) is 44.8 Å². The number of nitrogens with zero attached hydrogens (tertiary/aromatic N) is 3. The van der Waals surface area contributed by atoms with Gasteiger partial charge < -0.3 is 20.0 Å². The fraction of sp³-hybridized carbons (Fsp3) is 0.550. The van der Waals surface area contributed by atoms with Gasteiger partial charge in [0.2, 0.25) is 0 Å². The SMILES string of the molecule is CC(C)NC(=O)N1CCC(N2CCN(Cc3cccc(F)c3)C(=O)C2=O)CC1. The van der Waals surface area contributed by atoms with Crippen LogP contribution in [0.4, 0.5) is 9.18 Å². The first-order valence-corrected chi connectivity index (χ1v) is 9.75. The van der Waals surface area contributed by atoms with Crippen LogP contribution in [-0.4, -0.2) is 70.8 Å². The van der Waals surface area contributed by atoms with E-state index in [4.69, 9.17) is 0 Å². The van der Waals surface area contributed by atoms with E-state index in [0.717, 1.165) is 0 Å². The van der Waals surface area contributed by atoms with E-state index in [1.165, 1.54) is 17.0 Å². The van der Waals surface area contributed by atoms with Gasteiger partial charge in [-0.25, -0.2) is 9.18 Å². The van der Waals surface area contributed by atoms with Crippen molar-refractivity contribution >= 4 is 17.8 Å². The van der Waals surface area contributed by atoms with Crippen LogP contribution < -0.4 is 5.32 Å². The van der Waals surface area contributed by atoms with Crippen molar-refractivity contribution in [2.75, 3.05) is 26.2 Å². The Bertz CT molecular complexity index is 747. The highest BCUT2D eigenvalue weighted by molar-refractivity contribution is 6.35. The normalized spacial score (nSPS) is 18.8. The Kier molecular flexibility index (Phi) is 6.16. The Hall–Kier alpha value is -2.64. The van der Waals surface area contributed by atoms with Crippen molar-refractivity contribution in [3.8, 4) is 0 Å². The Morgan fingerprint density at radius 1 is 1.14 bits per heavy atom. The van der Waals surface area contributed by atoms with Gasteiger partial charge in [-0.1, -0.05) is 12.1 Å². The van der Waals surface area contributed by atoms with Crippen molar-refractivity contribution in [3.05, 3.63) is 35.6 Å². The second kappa shape index (κ2) is 8.58. The van der Waals surface area contributed by atoms with Crippen LogP contribution in [0.25, 0.3) is 0 Å². The zero-order valence-electron chi connectivity index (χ0n) is 16.4. The summed E-state index contributed by atoms with van der Waals surface area (Å²) in [6, 6.07) is 6.02. The van der Waals surface area contributed by atoms with Gasteiger partial charge in [0.05, 0.1) is 0 Å². The molecular formula is C20H27FN4O3. The predicted octanol–water partition coefficient (Wildman–Crippen LogP) is 1.58. The average molecular weight is 390 g/mol. The van der Waals surface area contributed by atoms with E-state index in [2.05, 4.69) is 5.32 Å². The van der Waals surface area contributed by atoms with Crippen LogP contribution in [0, 0.1) is 5.82 Å². The van der Waals surface area contributed by atoms with Gasteiger partial charge in [0.1, 0.15) is 5.82 Å². The molecule has 2 aliphatic heterocycles. The molecule has 2 heterocycles. The highest BCUT2D eigenvalue weighted by Gasteiger charge is 2.38. The molecule has 0 unspecified atom stereocenters. The van der Waals surface area contributed by atoms with Gasteiger partial charge in [0.15, 0.2) is 0 Å². The Morgan fingerprint density at radius 3 is 2.50 bits per heavy atom. The zero-order valence-corrected chi connectivity index (χ0v) is 16.4. The molecule has 7 nitrogen and oxygen atoms in total. The highest BCUT2D eigenvalue weighted by Crippen LogP contribution is 2.21. The van der Waals surface area contributed by atoms with Crippen molar-refractivity contribution in [2.45, 2.75) is 45.3 Å². The minimum atomic E-state index is -0.546. The monoisotopic (exact) mass is 390 g/mol. The van der Waals surface area contributed by atoms with E-state index in [-0.39, 0.29) is 30.5 Å². The summed E-state index contributed by atoms with van der Waals surface area (Å²) in [5.74, 6) is -1.41. The van der Waals surface area contributed by atoms with Crippen LogP contribution in [0.3, 0.4) is 0 Å². The molecule has 0 radical (unpaired) electrons. The van der Waals surface area contributed by atoms with Crippen LogP contribution in [0.5, 0.6) is 0 Å². The van der Waals surface area contributed by atoms with E-state index in [1.807, 2.05) is 13.8 Å². The molecule has 0 atom stereocenters. The molecule has 2 saturated heterocycles. The van der Waals surface area contributed by atoms with Crippen molar-refractivity contribution < 1.29 is 18.8 Å². The molecule has 0 saturated carbocycles. The molecule has 0 bridgehead atoms. The molecule has 4 amide bonds. The van der Waals surface area contributed by atoms with Crippen molar-refractivity contribution in [3.63, 3.8) is 0 Å². The van der Waals surface area contributed by atoms with Crippen LogP contribution >= 0.6 is 0 Å². The zero-order chi connectivity index (χ0) is 20.3. The van der Waals surface area contributed by atoms with Crippen LogP contribution in [0.15, 0.2) is 24.3 Å². The summed E-state index contributed by atoms with van der Waals surface area (Å²) in [6.07, 6.45) is 1.32. The van der Waals surface area contributed by atoms with Gasteiger partial charge in [-0.2, -0.15) is 0 Å². The molecule has 1 N–H and O–H groups in total. The third kappa shape index (κ3) is 4.61. The topological polar surface area (TPSA) is 73.0 Å². The van der Waals surface area contributed by atoms with Crippen LogP contribution in [-0.2, 0) is 16.1 Å². The number of amides is 4. The standard InChI is InChI=1S/C20H27FN4O3/c1-14(2)22-20(28)23-8-6-17(7-9-23)25-11-10-24(18(26)19(25)27)13-15-4-3-5-16(21)12-15/h3-5,12,14,17H,6-11,13H2,1-2H3,(H,22,28). The number of urea groups is 1. The fourth-order valence-electron chi connectivity index (χ4n) is 3.76. The Morgan fingerprint density at radius 2 is 1.86 bits per heavy atom. The molecule has 1 aromatic carbocycles. The van der Waals surface area contributed by atoms with E-state index in [9.17, 15) is 18.8 Å². The lowest BCUT2D eigenvalue weighted by molar-refractivity contribution is -0.158. The number of likely N-dealkylation sites (tertiary alicyclic amines) is 1. The number of carbonyl (C=O) groups excluding carboxylic acids is 3. The van der Waals surface area contributed by atoms with E-state index in [0.29, 0.717) is 44.6 Å². The van der Waals surface area contributed by atoms with Gasteiger partial charge >= 0.3 is 17.8 Å². The quantitative estimate of drug-likeness (QED) is 0.794. The highest BCUT2D eigenvalue weighted by atomic mass is 19.1. The maximum absolute atomic E-state index is 13.3. The number of piperidine rings is 1. The fourth-order valence-corrected chi connectivity index (χ4v) is 3.76. The first-order chi connectivity index (χ1) is 13.3. The first-order valence-electron chi connectivity index (χ1n) is 9.75. The molecule has 0 aliphatic carbocycles. The number of halogens is 1. The number of carbonyl (C=O) groups is 3.